The van der Waals surface area contributed by atoms with Crippen LogP contribution >= 0.6 is 0 Å². The third-order valence-corrected chi connectivity index (χ3v) is 4.97. The summed E-state index contributed by atoms with van der Waals surface area (Å²) in [4.78, 5) is 13.7. The van der Waals surface area contributed by atoms with E-state index in [0.717, 1.165) is 49.9 Å². The van der Waals surface area contributed by atoms with E-state index >= 15 is 0 Å². The minimum atomic E-state index is -0.389. The fraction of sp³-hybridized carbons (Fsp3) is 0.130. The molecule has 0 atom stereocenters. The van der Waals surface area contributed by atoms with E-state index in [1.807, 2.05) is 18.2 Å². The van der Waals surface area contributed by atoms with Crippen LogP contribution in [-0.2, 0) is 17.1 Å². The molecule has 0 saturated carbocycles. The molecule has 159 valence electrons. The van der Waals surface area contributed by atoms with Gasteiger partial charge in [0.25, 0.3) is 0 Å². The van der Waals surface area contributed by atoms with Crippen LogP contribution in [0.15, 0.2) is 42.5 Å². The molecule has 8 heteroatoms. The molecule has 8 N–H and O–H groups in total. The predicted molar refractivity (Wildman–Crippen MR) is 118 cm³/mol. The van der Waals surface area contributed by atoms with Crippen molar-refractivity contribution in [1.82, 2.24) is 19.9 Å². The molecule has 4 aromatic rings. The van der Waals surface area contributed by atoms with Gasteiger partial charge in [0, 0.05) is 68.4 Å². The summed E-state index contributed by atoms with van der Waals surface area (Å²) >= 11 is 0. The number of nitrogens with one attached hydrogen (secondary N) is 4. The minimum absolute atomic E-state index is 0. The Morgan fingerprint density at radius 1 is 0.677 bits per heavy atom. The van der Waals surface area contributed by atoms with Crippen molar-refractivity contribution in [3.05, 3.63) is 86.6 Å². The Morgan fingerprint density at radius 2 is 1.23 bits per heavy atom. The third kappa shape index (κ3) is 4.95. The number of ether oxygens (including phenoxy) is 1. The largest absolute Gasteiger partial charge is 0.491 e. The van der Waals surface area contributed by atoms with E-state index in [1.165, 1.54) is 0 Å². The van der Waals surface area contributed by atoms with Crippen LogP contribution in [0.2, 0.25) is 0 Å². The van der Waals surface area contributed by atoms with Gasteiger partial charge in [0.05, 0.1) is 18.1 Å². The Kier molecular flexibility index (Phi) is 6.06. The quantitative estimate of drug-likeness (QED) is 0.164. The summed E-state index contributed by atoms with van der Waals surface area (Å²) in [6.07, 6.45) is 8.44. The fourth-order valence-corrected chi connectivity index (χ4v) is 3.53. The molecular formula is C23H24MnN6O. The van der Waals surface area contributed by atoms with Crippen LogP contribution in [0.5, 0.6) is 5.75 Å². The summed E-state index contributed by atoms with van der Waals surface area (Å²) in [6, 6.07) is 14.3. The van der Waals surface area contributed by atoms with Gasteiger partial charge in [0.15, 0.2) is 0 Å². The number of nitrogens with two attached hydrogens (primary N) is 2. The van der Waals surface area contributed by atoms with E-state index in [1.54, 1.807) is 0 Å². The number of aromatic amines is 4. The summed E-state index contributed by atoms with van der Waals surface area (Å²) in [5.41, 5.74) is 15.3. The Balaban J connectivity index is 0.00000231. The van der Waals surface area contributed by atoms with Gasteiger partial charge >= 0.3 is 0 Å². The van der Waals surface area contributed by atoms with Crippen LogP contribution in [0.1, 0.15) is 29.2 Å². The number of rotatable bonds is 4. The second-order valence-corrected chi connectivity index (χ2v) is 7.49. The molecule has 0 unspecified atom stereocenters. The van der Waals surface area contributed by atoms with Gasteiger partial charge in [-0.25, -0.2) is 0 Å². The average molecular weight is 455 g/mol. The first-order valence-corrected chi connectivity index (χ1v) is 9.94. The van der Waals surface area contributed by atoms with E-state index in [4.69, 9.17) is 16.2 Å². The summed E-state index contributed by atoms with van der Waals surface area (Å²) in [6.45, 7) is 0.454. The SMILES string of the molecule is NC(N)CCOc1cc2[nH]c1=Cc1ccc([nH]1)C=c1ccc([nH]1)=Cc1ccc([nH]1)C=2.[Mn]. The number of fused-ring (bicyclic) bond motifs is 8. The number of H-pyrrole nitrogens is 4. The Hall–Kier alpha value is -3.16. The summed E-state index contributed by atoms with van der Waals surface area (Å²) in [5, 5.41) is 3.89. The molecule has 8 bridgehead atoms. The molecule has 5 heterocycles. The van der Waals surface area contributed by atoms with Crippen LogP contribution in [-0.4, -0.2) is 32.7 Å². The molecule has 0 aliphatic carbocycles. The maximum atomic E-state index is 5.96. The zero-order valence-electron chi connectivity index (χ0n) is 16.8. The molecular weight excluding hydrogens is 431 g/mol. The van der Waals surface area contributed by atoms with Gasteiger partial charge < -0.3 is 36.1 Å². The van der Waals surface area contributed by atoms with E-state index in [0.29, 0.717) is 13.0 Å². The molecule has 0 spiro atoms. The van der Waals surface area contributed by atoms with Crippen molar-refractivity contribution in [2.45, 2.75) is 12.6 Å². The van der Waals surface area contributed by atoms with Gasteiger partial charge in [-0.2, -0.15) is 0 Å². The first-order chi connectivity index (χ1) is 14.6. The first kappa shape index (κ1) is 21.1. The summed E-state index contributed by atoms with van der Waals surface area (Å²) in [5.74, 6) is 0.762. The normalized spacial score (nSPS) is 12.2. The number of hydrogen-bond donors (Lipinski definition) is 6. The van der Waals surface area contributed by atoms with Crippen molar-refractivity contribution < 1.29 is 21.8 Å². The molecule has 0 aromatic carbocycles. The second kappa shape index (κ2) is 8.91. The van der Waals surface area contributed by atoms with Gasteiger partial charge in [-0.1, -0.05) is 0 Å². The predicted octanol–water partition coefficient (Wildman–Crippen LogP) is -0.362. The molecule has 1 radical (unpaired) electrons. The zero-order valence-corrected chi connectivity index (χ0v) is 18.0. The molecule has 0 amide bonds. The van der Waals surface area contributed by atoms with Gasteiger partial charge in [-0.15, -0.1) is 0 Å². The third-order valence-electron chi connectivity index (χ3n) is 4.97. The van der Waals surface area contributed by atoms with E-state index < -0.39 is 0 Å². The molecule has 31 heavy (non-hydrogen) atoms. The van der Waals surface area contributed by atoms with Gasteiger partial charge in [-0.3, -0.25) is 0 Å². The Bertz CT molecular complexity index is 1420. The number of aromatic nitrogens is 4. The number of hydrogen-bond acceptors (Lipinski definition) is 3. The molecule has 5 rings (SSSR count). The monoisotopic (exact) mass is 455 g/mol. The van der Waals surface area contributed by atoms with Gasteiger partial charge in [-0.05, 0) is 60.7 Å². The molecule has 4 aromatic heterocycles. The van der Waals surface area contributed by atoms with E-state index in [9.17, 15) is 0 Å². The average Bonchev–Trinajstić information content (AvgIpc) is 3.47. The van der Waals surface area contributed by atoms with Gasteiger partial charge in [0.2, 0.25) is 0 Å². The van der Waals surface area contributed by atoms with E-state index in [2.05, 4.69) is 68.5 Å². The molecule has 0 fully saturated rings. The standard InChI is InChI=1S/C23H24N6O.Mn/c24-23(25)7-8-30-22-13-20-11-18-4-3-16(27-18)9-14-1-2-15(26-14)10-17-5-6-19(28-17)12-21(22)29-20;/h1-6,9-13,23,26-29H,7-8,24-25H2;. The van der Waals surface area contributed by atoms with Crippen LogP contribution in [0.4, 0.5) is 0 Å². The molecule has 1 aliphatic rings. The van der Waals surface area contributed by atoms with Crippen LogP contribution < -0.4 is 37.6 Å². The summed E-state index contributed by atoms with van der Waals surface area (Å²) < 4.78 is 5.96. The smallest absolute Gasteiger partial charge is 0.144 e. The maximum Gasteiger partial charge on any atom is 0.144 e. The second-order valence-electron chi connectivity index (χ2n) is 7.49. The van der Waals surface area contributed by atoms with Crippen molar-refractivity contribution in [3.8, 4) is 5.75 Å². The van der Waals surface area contributed by atoms with Crippen molar-refractivity contribution in [2.75, 3.05) is 6.61 Å². The Labute approximate surface area is 189 Å². The van der Waals surface area contributed by atoms with Crippen molar-refractivity contribution in [2.24, 2.45) is 11.5 Å². The Morgan fingerprint density at radius 3 is 1.81 bits per heavy atom. The maximum absolute atomic E-state index is 5.96. The van der Waals surface area contributed by atoms with E-state index in [-0.39, 0.29) is 23.2 Å². The van der Waals surface area contributed by atoms with Crippen LogP contribution in [0.25, 0.3) is 24.3 Å². The zero-order chi connectivity index (χ0) is 20.5. The minimum Gasteiger partial charge on any atom is -0.491 e. The summed E-state index contributed by atoms with van der Waals surface area (Å²) in [7, 11) is 0. The first-order valence-electron chi connectivity index (χ1n) is 9.94. The van der Waals surface area contributed by atoms with Crippen LogP contribution in [0, 0.1) is 0 Å². The fourth-order valence-electron chi connectivity index (χ4n) is 3.53. The molecule has 0 saturated heterocycles. The van der Waals surface area contributed by atoms with Crippen molar-refractivity contribution in [3.63, 3.8) is 0 Å². The van der Waals surface area contributed by atoms with Gasteiger partial charge in [0.1, 0.15) is 5.75 Å². The van der Waals surface area contributed by atoms with Crippen LogP contribution in [0.3, 0.4) is 0 Å². The molecule has 1 aliphatic heterocycles. The van der Waals surface area contributed by atoms with Crippen molar-refractivity contribution >= 4 is 24.3 Å². The van der Waals surface area contributed by atoms with Crippen molar-refractivity contribution in [1.29, 1.82) is 0 Å². The topological polar surface area (TPSA) is 124 Å². The molecule has 7 nitrogen and oxygen atoms in total.